The lowest BCUT2D eigenvalue weighted by Crippen LogP contribution is -2.38. The van der Waals surface area contributed by atoms with Gasteiger partial charge >= 0.3 is 0 Å². The van der Waals surface area contributed by atoms with Gasteiger partial charge in [0.2, 0.25) is 5.91 Å². The number of allylic oxidation sites excluding steroid dienone is 3. The number of rotatable bonds is 5. The van der Waals surface area contributed by atoms with Crippen molar-refractivity contribution in [1.82, 2.24) is 10.2 Å². The van der Waals surface area contributed by atoms with Crippen molar-refractivity contribution in [1.29, 1.82) is 0 Å². The van der Waals surface area contributed by atoms with E-state index in [2.05, 4.69) is 12.2 Å². The van der Waals surface area contributed by atoms with Crippen molar-refractivity contribution in [3.8, 4) is 5.75 Å². The number of halogens is 2. The normalized spacial score (nSPS) is 16.6. The number of amides is 2. The minimum atomic E-state index is -0.215. The average molecular weight is 479 g/mol. The van der Waals surface area contributed by atoms with Gasteiger partial charge in [-0.1, -0.05) is 49.2 Å². The molecule has 5 nitrogen and oxygen atoms in total. The summed E-state index contributed by atoms with van der Waals surface area (Å²) in [5, 5.41) is 3.50. The molecule has 0 bridgehead atoms. The van der Waals surface area contributed by atoms with Gasteiger partial charge in [0.1, 0.15) is 11.5 Å². The third kappa shape index (κ3) is 7.72. The molecule has 1 aliphatic carbocycles. The van der Waals surface area contributed by atoms with Crippen LogP contribution in [0.15, 0.2) is 53.8 Å². The molecular weight excluding hydrogens is 447 g/mol. The number of likely N-dealkylation sites (N-methyl/N-ethyl adjacent to an activating group) is 1. The van der Waals surface area contributed by atoms with E-state index in [1.54, 1.807) is 37.4 Å². The van der Waals surface area contributed by atoms with E-state index in [0.717, 1.165) is 25.9 Å². The molecule has 2 aliphatic rings. The van der Waals surface area contributed by atoms with E-state index >= 15 is 0 Å². The SMILES string of the molecule is CCC(C)C(=O)N1CCCCC1.CNC(=O)C1=C(Oc2ccc(Cl)cc2Cl)C=CCC=C1. The third-order valence-corrected chi connectivity index (χ3v) is 5.91. The van der Waals surface area contributed by atoms with Gasteiger partial charge in [-0.15, -0.1) is 0 Å². The van der Waals surface area contributed by atoms with Crippen LogP contribution in [0.25, 0.3) is 0 Å². The summed E-state index contributed by atoms with van der Waals surface area (Å²) in [5.74, 6) is 1.27. The molecule has 0 spiro atoms. The van der Waals surface area contributed by atoms with Crippen molar-refractivity contribution in [2.75, 3.05) is 20.1 Å². The zero-order valence-electron chi connectivity index (χ0n) is 19.0. The molecule has 1 atom stereocenters. The molecule has 32 heavy (non-hydrogen) atoms. The molecule has 1 aliphatic heterocycles. The van der Waals surface area contributed by atoms with Gasteiger partial charge < -0.3 is 15.0 Å². The van der Waals surface area contributed by atoms with Crippen molar-refractivity contribution in [2.24, 2.45) is 5.92 Å². The molecule has 1 unspecified atom stereocenters. The number of hydrogen-bond donors (Lipinski definition) is 1. The molecular formula is C25H32Cl2N2O3. The van der Waals surface area contributed by atoms with Gasteiger partial charge in [-0.2, -0.15) is 0 Å². The fraction of sp³-hybridized carbons (Fsp3) is 0.440. The van der Waals surface area contributed by atoms with Crippen molar-refractivity contribution in [3.05, 3.63) is 63.9 Å². The zero-order valence-corrected chi connectivity index (χ0v) is 20.5. The van der Waals surface area contributed by atoms with Crippen molar-refractivity contribution in [3.63, 3.8) is 0 Å². The number of carbonyl (C=O) groups excluding carboxylic acids is 2. The maximum atomic E-state index is 11.9. The zero-order chi connectivity index (χ0) is 23.5. The summed E-state index contributed by atoms with van der Waals surface area (Å²) in [5.41, 5.74) is 0.451. The first-order valence-electron chi connectivity index (χ1n) is 11.1. The standard InChI is InChI=1S/C15H13Cl2NO2.C10H19NO/c1-18-15(19)11-5-3-2-4-6-13(11)20-14-8-7-10(16)9-12(14)17;1-3-9(2)10(12)11-7-5-4-6-8-11/h3-9H,2H2,1H3,(H,18,19);9H,3-8H2,1-2H3. The van der Waals surface area contributed by atoms with Crippen molar-refractivity contribution < 1.29 is 14.3 Å². The number of likely N-dealkylation sites (tertiary alicyclic amines) is 1. The summed E-state index contributed by atoms with van der Waals surface area (Å²) < 4.78 is 5.75. The van der Waals surface area contributed by atoms with Crippen LogP contribution in [0.4, 0.5) is 0 Å². The summed E-state index contributed by atoms with van der Waals surface area (Å²) in [6, 6.07) is 4.94. The summed E-state index contributed by atoms with van der Waals surface area (Å²) in [7, 11) is 1.57. The van der Waals surface area contributed by atoms with Crippen LogP contribution in [-0.2, 0) is 9.59 Å². The highest BCUT2D eigenvalue weighted by atomic mass is 35.5. The Balaban J connectivity index is 0.000000258. The Hall–Kier alpha value is -2.24. The van der Waals surface area contributed by atoms with Crippen LogP contribution in [0.5, 0.6) is 5.75 Å². The van der Waals surface area contributed by atoms with Gasteiger partial charge in [0.25, 0.3) is 5.91 Å². The molecule has 2 amide bonds. The van der Waals surface area contributed by atoms with E-state index in [4.69, 9.17) is 27.9 Å². The molecule has 0 saturated carbocycles. The molecule has 0 radical (unpaired) electrons. The van der Waals surface area contributed by atoms with E-state index in [0.29, 0.717) is 33.0 Å². The van der Waals surface area contributed by atoms with Gasteiger partial charge in [-0.3, -0.25) is 9.59 Å². The minimum absolute atomic E-state index is 0.215. The van der Waals surface area contributed by atoms with Gasteiger partial charge in [0.05, 0.1) is 10.6 Å². The Morgan fingerprint density at radius 2 is 1.81 bits per heavy atom. The fourth-order valence-electron chi connectivity index (χ4n) is 3.30. The first kappa shape index (κ1) is 26.0. The van der Waals surface area contributed by atoms with E-state index in [1.165, 1.54) is 19.3 Å². The number of nitrogens with zero attached hydrogens (tertiary/aromatic N) is 1. The minimum Gasteiger partial charge on any atom is -0.455 e. The lowest BCUT2D eigenvalue weighted by Gasteiger charge is -2.28. The highest BCUT2D eigenvalue weighted by Crippen LogP contribution is 2.30. The second-order valence-electron chi connectivity index (χ2n) is 7.77. The maximum Gasteiger partial charge on any atom is 0.254 e. The van der Waals surface area contributed by atoms with E-state index < -0.39 is 0 Å². The van der Waals surface area contributed by atoms with Gasteiger partial charge in [0, 0.05) is 31.1 Å². The highest BCUT2D eigenvalue weighted by molar-refractivity contribution is 6.35. The van der Waals surface area contributed by atoms with Gasteiger partial charge in [-0.05, 0) is 62.5 Å². The molecule has 1 aromatic rings. The predicted octanol–water partition coefficient (Wildman–Crippen LogP) is 5.93. The number of carbonyl (C=O) groups is 2. The van der Waals surface area contributed by atoms with Crippen LogP contribution < -0.4 is 10.1 Å². The fourth-order valence-corrected chi connectivity index (χ4v) is 3.75. The number of piperidine rings is 1. The van der Waals surface area contributed by atoms with E-state index in [-0.39, 0.29) is 11.8 Å². The predicted molar refractivity (Wildman–Crippen MR) is 131 cm³/mol. The summed E-state index contributed by atoms with van der Waals surface area (Å²) in [6.07, 6.45) is 12.7. The molecule has 7 heteroatoms. The highest BCUT2D eigenvalue weighted by Gasteiger charge is 2.20. The van der Waals surface area contributed by atoms with Crippen molar-refractivity contribution in [2.45, 2.75) is 46.0 Å². The summed E-state index contributed by atoms with van der Waals surface area (Å²) in [6.45, 7) is 6.08. The topological polar surface area (TPSA) is 58.6 Å². The molecule has 1 aromatic carbocycles. The smallest absolute Gasteiger partial charge is 0.254 e. The maximum absolute atomic E-state index is 11.9. The van der Waals surface area contributed by atoms with Gasteiger partial charge in [0.15, 0.2) is 0 Å². The Morgan fingerprint density at radius 3 is 2.44 bits per heavy atom. The Kier molecular flexibility index (Phi) is 10.8. The molecule has 1 heterocycles. The molecule has 1 saturated heterocycles. The first-order valence-corrected chi connectivity index (χ1v) is 11.8. The molecule has 1 fully saturated rings. The monoisotopic (exact) mass is 478 g/mol. The van der Waals surface area contributed by atoms with Crippen LogP contribution >= 0.6 is 23.2 Å². The van der Waals surface area contributed by atoms with Gasteiger partial charge in [-0.25, -0.2) is 0 Å². The lowest BCUT2D eigenvalue weighted by atomic mass is 10.0. The summed E-state index contributed by atoms with van der Waals surface area (Å²) >= 11 is 11.9. The van der Waals surface area contributed by atoms with Crippen LogP contribution in [0.1, 0.15) is 46.0 Å². The number of hydrogen-bond acceptors (Lipinski definition) is 3. The van der Waals surface area contributed by atoms with Crippen molar-refractivity contribution >= 4 is 35.0 Å². The van der Waals surface area contributed by atoms with Crippen LogP contribution in [0, 0.1) is 5.92 Å². The Labute approximate surface area is 201 Å². The van der Waals surface area contributed by atoms with Crippen LogP contribution in [-0.4, -0.2) is 36.9 Å². The molecule has 0 aromatic heterocycles. The summed E-state index contributed by atoms with van der Waals surface area (Å²) in [4.78, 5) is 25.6. The lowest BCUT2D eigenvalue weighted by molar-refractivity contribution is -0.136. The quantitative estimate of drug-likeness (QED) is 0.569. The third-order valence-electron chi connectivity index (χ3n) is 5.38. The second-order valence-corrected chi connectivity index (χ2v) is 8.61. The van der Waals surface area contributed by atoms with Crippen LogP contribution in [0.2, 0.25) is 10.0 Å². The Bertz CT molecular complexity index is 887. The van der Waals surface area contributed by atoms with E-state index in [9.17, 15) is 9.59 Å². The largest absolute Gasteiger partial charge is 0.455 e. The number of ether oxygens (including phenoxy) is 1. The molecule has 1 N–H and O–H groups in total. The first-order chi connectivity index (χ1) is 15.4. The molecule has 174 valence electrons. The second kappa shape index (κ2) is 13.3. The average Bonchev–Trinajstić information content (AvgIpc) is 3.05. The Morgan fingerprint density at radius 1 is 1.12 bits per heavy atom. The molecule has 3 rings (SSSR count). The number of nitrogens with one attached hydrogen (secondary N) is 1. The van der Waals surface area contributed by atoms with E-state index in [1.807, 2.05) is 24.0 Å². The number of benzene rings is 1. The van der Waals surface area contributed by atoms with Crippen LogP contribution in [0.3, 0.4) is 0 Å².